The van der Waals surface area contributed by atoms with Crippen molar-refractivity contribution < 1.29 is 14.3 Å². The molecule has 0 bridgehead atoms. The monoisotopic (exact) mass is 445 g/mol. The van der Waals surface area contributed by atoms with Gasteiger partial charge in [0, 0.05) is 27.5 Å². The Morgan fingerprint density at radius 2 is 1.81 bits per heavy atom. The molecule has 0 spiro atoms. The molecule has 0 saturated carbocycles. The Morgan fingerprint density at radius 3 is 2.53 bits per heavy atom. The van der Waals surface area contributed by atoms with Crippen molar-refractivity contribution in [3.05, 3.63) is 78.1 Å². The van der Waals surface area contributed by atoms with E-state index < -0.39 is 0 Å². The molecule has 1 N–H and O–H groups in total. The molecule has 5 rings (SSSR count). The number of nitrogens with one attached hydrogen (secondary N) is 1. The molecule has 1 amide bonds. The molecule has 9 heteroatoms. The fraction of sp³-hybridized carbons (Fsp3) is 0.130. The number of tetrazole rings is 1. The normalized spacial score (nSPS) is 12.4. The van der Waals surface area contributed by atoms with Crippen molar-refractivity contribution >= 4 is 23.4 Å². The topological polar surface area (TPSA) is 91.2 Å². The second kappa shape index (κ2) is 8.72. The number of nitrogens with zero attached hydrogens (tertiary/aromatic N) is 4. The maximum absolute atomic E-state index is 13.1. The SMILES string of the molecule is Cc1cc(C(=O)Nc2cc3c(cc2Sc2ccccc2)OCCO3)ccc1-n1cnnn1. The van der Waals surface area contributed by atoms with E-state index >= 15 is 0 Å². The maximum Gasteiger partial charge on any atom is 0.255 e. The molecular weight excluding hydrogens is 426 g/mol. The van der Waals surface area contributed by atoms with E-state index in [-0.39, 0.29) is 5.91 Å². The summed E-state index contributed by atoms with van der Waals surface area (Å²) in [4.78, 5) is 15.0. The largest absolute Gasteiger partial charge is 0.486 e. The number of hydrogen-bond donors (Lipinski definition) is 1. The van der Waals surface area contributed by atoms with Crippen molar-refractivity contribution in [2.75, 3.05) is 18.5 Å². The zero-order chi connectivity index (χ0) is 21.9. The highest BCUT2D eigenvalue weighted by Crippen LogP contribution is 2.42. The number of carbonyl (C=O) groups is 1. The number of aryl methyl sites for hydroxylation is 1. The molecule has 1 aromatic heterocycles. The van der Waals surface area contributed by atoms with Gasteiger partial charge >= 0.3 is 0 Å². The van der Waals surface area contributed by atoms with Crippen LogP contribution in [-0.4, -0.2) is 39.3 Å². The number of rotatable bonds is 5. The lowest BCUT2D eigenvalue weighted by Gasteiger charge is -2.21. The highest BCUT2D eigenvalue weighted by Gasteiger charge is 2.19. The first-order valence-electron chi connectivity index (χ1n) is 9.99. The molecule has 1 aliphatic rings. The van der Waals surface area contributed by atoms with Gasteiger partial charge < -0.3 is 14.8 Å². The summed E-state index contributed by atoms with van der Waals surface area (Å²) in [6.45, 7) is 2.89. The van der Waals surface area contributed by atoms with Crippen LogP contribution in [0.25, 0.3) is 5.69 Å². The number of amides is 1. The number of ether oxygens (including phenoxy) is 2. The molecule has 1 aliphatic heterocycles. The second-order valence-corrected chi connectivity index (χ2v) is 8.23. The lowest BCUT2D eigenvalue weighted by molar-refractivity contribution is 0.102. The predicted molar refractivity (Wildman–Crippen MR) is 120 cm³/mol. The van der Waals surface area contributed by atoms with Gasteiger partial charge in [0.1, 0.15) is 19.5 Å². The first kappa shape index (κ1) is 20.1. The standard InChI is InChI=1S/C23H19N5O3S/c1-15-11-16(7-8-19(15)28-14-24-26-27-28)23(29)25-18-12-20-21(31-10-9-30-20)13-22(18)32-17-5-3-2-4-6-17/h2-8,11-14H,9-10H2,1H3,(H,25,29). The molecule has 32 heavy (non-hydrogen) atoms. The zero-order valence-electron chi connectivity index (χ0n) is 17.2. The molecule has 160 valence electrons. The Bertz CT molecular complexity index is 1260. The van der Waals surface area contributed by atoms with Crippen LogP contribution < -0.4 is 14.8 Å². The van der Waals surface area contributed by atoms with Crippen LogP contribution in [0.15, 0.2) is 76.8 Å². The average molecular weight is 446 g/mol. The summed E-state index contributed by atoms with van der Waals surface area (Å²) in [6, 6.07) is 19.1. The van der Waals surface area contributed by atoms with Crippen molar-refractivity contribution in [2.24, 2.45) is 0 Å². The Labute approximate surface area is 188 Å². The van der Waals surface area contributed by atoms with Gasteiger partial charge in [-0.05, 0) is 53.2 Å². The van der Waals surface area contributed by atoms with Crippen LogP contribution in [0.2, 0.25) is 0 Å². The van der Waals surface area contributed by atoms with E-state index in [1.165, 1.54) is 6.33 Å². The molecule has 2 heterocycles. The van der Waals surface area contributed by atoms with Gasteiger partial charge in [-0.2, -0.15) is 0 Å². The Morgan fingerprint density at radius 1 is 1.03 bits per heavy atom. The third kappa shape index (κ3) is 4.15. The summed E-state index contributed by atoms with van der Waals surface area (Å²) in [6.07, 6.45) is 1.52. The van der Waals surface area contributed by atoms with Crippen molar-refractivity contribution in [3.8, 4) is 17.2 Å². The summed E-state index contributed by atoms with van der Waals surface area (Å²) in [5.74, 6) is 1.08. The van der Waals surface area contributed by atoms with Crippen molar-refractivity contribution in [1.82, 2.24) is 20.2 Å². The first-order chi connectivity index (χ1) is 15.7. The third-order valence-corrected chi connectivity index (χ3v) is 5.98. The predicted octanol–water partition coefficient (Wildman–Crippen LogP) is 4.15. The molecule has 0 saturated heterocycles. The van der Waals surface area contributed by atoms with Crippen molar-refractivity contribution in [1.29, 1.82) is 0 Å². The lowest BCUT2D eigenvalue weighted by atomic mass is 10.1. The smallest absolute Gasteiger partial charge is 0.255 e. The fourth-order valence-electron chi connectivity index (χ4n) is 3.39. The van der Waals surface area contributed by atoms with Gasteiger partial charge in [-0.3, -0.25) is 4.79 Å². The van der Waals surface area contributed by atoms with Crippen LogP contribution in [0.5, 0.6) is 11.5 Å². The van der Waals surface area contributed by atoms with Crippen LogP contribution >= 0.6 is 11.8 Å². The summed E-state index contributed by atoms with van der Waals surface area (Å²) < 4.78 is 13.0. The van der Waals surface area contributed by atoms with Crippen molar-refractivity contribution in [3.63, 3.8) is 0 Å². The van der Waals surface area contributed by atoms with Gasteiger partial charge in [0.05, 0.1) is 11.4 Å². The van der Waals surface area contributed by atoms with Crippen molar-refractivity contribution in [2.45, 2.75) is 16.7 Å². The van der Waals surface area contributed by atoms with Gasteiger partial charge in [-0.15, -0.1) is 5.10 Å². The van der Waals surface area contributed by atoms with Gasteiger partial charge in [-0.1, -0.05) is 30.0 Å². The van der Waals surface area contributed by atoms with Crippen LogP contribution in [0.3, 0.4) is 0 Å². The summed E-state index contributed by atoms with van der Waals surface area (Å²) in [5, 5.41) is 14.3. The van der Waals surface area contributed by atoms with Crippen LogP contribution in [0.4, 0.5) is 5.69 Å². The van der Waals surface area contributed by atoms with Crippen LogP contribution in [0.1, 0.15) is 15.9 Å². The zero-order valence-corrected chi connectivity index (χ0v) is 18.0. The Hall–Kier alpha value is -3.85. The van der Waals surface area contributed by atoms with Gasteiger partial charge in [0.2, 0.25) is 0 Å². The second-order valence-electron chi connectivity index (χ2n) is 7.12. The minimum Gasteiger partial charge on any atom is -0.486 e. The van der Waals surface area contributed by atoms with E-state index in [9.17, 15) is 4.79 Å². The minimum absolute atomic E-state index is 0.219. The molecule has 0 radical (unpaired) electrons. The number of aromatic nitrogens is 4. The number of hydrogen-bond acceptors (Lipinski definition) is 7. The average Bonchev–Trinajstić information content (AvgIpc) is 3.34. The molecule has 4 aromatic rings. The summed E-state index contributed by atoms with van der Waals surface area (Å²) in [5.41, 5.74) is 2.89. The fourth-order valence-corrected chi connectivity index (χ4v) is 4.32. The van der Waals surface area contributed by atoms with Gasteiger partial charge in [0.25, 0.3) is 5.91 Å². The molecule has 3 aromatic carbocycles. The summed E-state index contributed by atoms with van der Waals surface area (Å²) in [7, 11) is 0. The highest BCUT2D eigenvalue weighted by molar-refractivity contribution is 7.99. The Kier molecular flexibility index (Phi) is 5.47. The highest BCUT2D eigenvalue weighted by atomic mass is 32.2. The molecule has 8 nitrogen and oxygen atoms in total. The molecule has 0 fully saturated rings. The molecule has 0 atom stereocenters. The van der Waals surface area contributed by atoms with Crippen LogP contribution in [-0.2, 0) is 0 Å². The molecular formula is C23H19N5O3S. The van der Waals surface area contributed by atoms with Crippen LogP contribution in [0, 0.1) is 6.92 Å². The third-order valence-electron chi connectivity index (χ3n) is 4.92. The first-order valence-corrected chi connectivity index (χ1v) is 10.8. The number of carbonyl (C=O) groups excluding carboxylic acids is 1. The van der Waals surface area contributed by atoms with E-state index in [4.69, 9.17) is 9.47 Å². The number of fused-ring (bicyclic) bond motifs is 1. The molecule has 0 aliphatic carbocycles. The molecule has 0 unspecified atom stereocenters. The van der Waals surface area contributed by atoms with E-state index in [0.29, 0.717) is 36.0 Å². The number of benzene rings is 3. The van der Waals surface area contributed by atoms with E-state index in [2.05, 4.69) is 20.8 Å². The van der Waals surface area contributed by atoms with E-state index in [1.54, 1.807) is 22.5 Å². The van der Waals surface area contributed by atoms with Gasteiger partial charge in [0.15, 0.2) is 11.5 Å². The van der Waals surface area contributed by atoms with E-state index in [1.807, 2.05) is 61.5 Å². The summed E-state index contributed by atoms with van der Waals surface area (Å²) >= 11 is 1.55. The Balaban J connectivity index is 1.45. The number of anilines is 1. The lowest BCUT2D eigenvalue weighted by Crippen LogP contribution is -2.17. The maximum atomic E-state index is 13.1. The quantitative estimate of drug-likeness (QED) is 0.493. The minimum atomic E-state index is -0.219. The van der Waals surface area contributed by atoms with Gasteiger partial charge in [-0.25, -0.2) is 4.68 Å². The van der Waals surface area contributed by atoms with E-state index in [0.717, 1.165) is 21.0 Å².